The first-order valence-electron chi connectivity index (χ1n) is 6.73. The number of carboxylic acid groups (broad SMARTS) is 1. The third kappa shape index (κ3) is 3.36. The molecular weight excluding hydrogens is 258 g/mol. The molecular formula is C15H21NO4. The maximum atomic E-state index is 11.7. The van der Waals surface area contributed by atoms with Gasteiger partial charge in [-0.3, -0.25) is 9.69 Å². The third-order valence-electron chi connectivity index (χ3n) is 3.43. The minimum atomic E-state index is -0.884. The lowest BCUT2D eigenvalue weighted by atomic mass is 9.99. The second-order valence-corrected chi connectivity index (χ2v) is 5.76. The summed E-state index contributed by atoms with van der Waals surface area (Å²) >= 11 is 0. The van der Waals surface area contributed by atoms with Gasteiger partial charge in [-0.1, -0.05) is 30.3 Å². The minimum Gasteiger partial charge on any atom is -0.480 e. The summed E-state index contributed by atoms with van der Waals surface area (Å²) in [7, 11) is 0. The molecule has 0 aliphatic carbocycles. The molecule has 1 fully saturated rings. The molecule has 1 aliphatic heterocycles. The van der Waals surface area contributed by atoms with E-state index in [1.165, 1.54) is 0 Å². The zero-order chi connectivity index (χ0) is 14.8. The Balaban J connectivity index is 2.27. The average Bonchev–Trinajstić information content (AvgIpc) is 2.38. The van der Waals surface area contributed by atoms with E-state index >= 15 is 0 Å². The van der Waals surface area contributed by atoms with Crippen LogP contribution in [0.25, 0.3) is 0 Å². The molecule has 2 rings (SSSR count). The largest absolute Gasteiger partial charge is 0.480 e. The number of ether oxygens (including phenoxy) is 1. The summed E-state index contributed by atoms with van der Waals surface area (Å²) in [5.41, 5.74) is 0.267. The van der Waals surface area contributed by atoms with Gasteiger partial charge in [0.1, 0.15) is 6.04 Å². The van der Waals surface area contributed by atoms with E-state index in [0.717, 1.165) is 5.56 Å². The second-order valence-electron chi connectivity index (χ2n) is 5.76. The zero-order valence-corrected chi connectivity index (χ0v) is 11.8. The van der Waals surface area contributed by atoms with Gasteiger partial charge in [-0.05, 0) is 19.4 Å². The van der Waals surface area contributed by atoms with Crippen LogP contribution in [-0.2, 0) is 9.53 Å². The Kier molecular flexibility index (Phi) is 4.42. The number of rotatable bonds is 4. The van der Waals surface area contributed by atoms with E-state index in [-0.39, 0.29) is 12.7 Å². The number of hydrogen-bond acceptors (Lipinski definition) is 4. The highest BCUT2D eigenvalue weighted by Crippen LogP contribution is 2.29. The van der Waals surface area contributed by atoms with Gasteiger partial charge in [-0.2, -0.15) is 0 Å². The summed E-state index contributed by atoms with van der Waals surface area (Å²) in [6, 6.07) is 8.45. The Morgan fingerprint density at radius 3 is 2.65 bits per heavy atom. The van der Waals surface area contributed by atoms with Gasteiger partial charge in [0, 0.05) is 13.1 Å². The predicted molar refractivity (Wildman–Crippen MR) is 74.4 cm³/mol. The maximum absolute atomic E-state index is 11.7. The predicted octanol–water partition coefficient (Wildman–Crippen LogP) is 1.28. The molecule has 1 heterocycles. The summed E-state index contributed by atoms with van der Waals surface area (Å²) in [5.74, 6) is -0.884. The monoisotopic (exact) mass is 279 g/mol. The van der Waals surface area contributed by atoms with Gasteiger partial charge < -0.3 is 14.9 Å². The lowest BCUT2D eigenvalue weighted by Gasteiger charge is -2.44. The number of aliphatic hydroxyl groups is 1. The van der Waals surface area contributed by atoms with E-state index in [1.807, 2.05) is 49.1 Å². The highest BCUT2D eigenvalue weighted by molar-refractivity contribution is 5.75. The van der Waals surface area contributed by atoms with Crippen LogP contribution < -0.4 is 0 Å². The maximum Gasteiger partial charge on any atom is 0.325 e. The Morgan fingerprint density at radius 2 is 2.10 bits per heavy atom. The van der Waals surface area contributed by atoms with Crippen LogP contribution in [0.1, 0.15) is 25.5 Å². The number of benzene rings is 1. The number of morpholine rings is 1. The molecule has 2 N–H and O–H groups in total. The van der Waals surface area contributed by atoms with Gasteiger partial charge in [0.15, 0.2) is 0 Å². The molecule has 0 spiro atoms. The molecule has 1 aromatic rings. The topological polar surface area (TPSA) is 70.0 Å². The lowest BCUT2D eigenvalue weighted by molar-refractivity contribution is -0.169. The molecule has 1 aliphatic rings. The quantitative estimate of drug-likeness (QED) is 0.869. The van der Waals surface area contributed by atoms with Crippen molar-refractivity contribution < 1.29 is 19.7 Å². The van der Waals surface area contributed by atoms with Gasteiger partial charge in [-0.15, -0.1) is 0 Å². The van der Waals surface area contributed by atoms with Gasteiger partial charge >= 0.3 is 5.97 Å². The number of carbonyl (C=O) groups is 1. The second kappa shape index (κ2) is 5.91. The summed E-state index contributed by atoms with van der Waals surface area (Å²) in [6.07, 6.45) is -0.357. The number of nitrogens with zero attached hydrogens (tertiary/aromatic N) is 1. The van der Waals surface area contributed by atoms with Crippen LogP contribution in [0.15, 0.2) is 30.3 Å². The molecule has 1 aromatic carbocycles. The molecule has 110 valence electrons. The molecule has 0 amide bonds. The zero-order valence-electron chi connectivity index (χ0n) is 11.8. The molecule has 2 atom stereocenters. The van der Waals surface area contributed by atoms with E-state index in [0.29, 0.717) is 13.1 Å². The lowest BCUT2D eigenvalue weighted by Crippen LogP contribution is -2.55. The smallest absolute Gasteiger partial charge is 0.325 e. The number of aliphatic carboxylic acids is 1. The van der Waals surface area contributed by atoms with Crippen molar-refractivity contribution in [1.82, 2.24) is 4.90 Å². The first kappa shape index (κ1) is 15.0. The highest BCUT2D eigenvalue weighted by atomic mass is 16.5. The molecule has 20 heavy (non-hydrogen) atoms. The van der Waals surface area contributed by atoms with Crippen molar-refractivity contribution in [2.75, 3.05) is 19.7 Å². The molecule has 0 bridgehead atoms. The molecule has 0 saturated carbocycles. The van der Waals surface area contributed by atoms with Crippen LogP contribution in [-0.4, -0.2) is 52.5 Å². The first-order chi connectivity index (χ1) is 9.43. The molecule has 1 saturated heterocycles. The fraction of sp³-hybridized carbons (Fsp3) is 0.533. The summed E-state index contributed by atoms with van der Waals surface area (Å²) < 4.78 is 5.73. The van der Waals surface area contributed by atoms with Gasteiger partial charge in [-0.25, -0.2) is 0 Å². The van der Waals surface area contributed by atoms with Crippen molar-refractivity contribution in [2.45, 2.75) is 31.6 Å². The fourth-order valence-electron chi connectivity index (χ4n) is 2.78. The Hall–Kier alpha value is -1.43. The van der Waals surface area contributed by atoms with E-state index in [1.54, 1.807) is 0 Å². The van der Waals surface area contributed by atoms with Crippen molar-refractivity contribution in [1.29, 1.82) is 0 Å². The number of aliphatic hydroxyl groups excluding tert-OH is 1. The SMILES string of the molecule is CC1(C)CN(C(C(=O)O)c2ccccc2)CC(CO)O1. The first-order valence-corrected chi connectivity index (χ1v) is 6.73. The van der Waals surface area contributed by atoms with E-state index in [4.69, 9.17) is 4.74 Å². The number of carboxylic acids is 1. The minimum absolute atomic E-state index is 0.110. The molecule has 0 radical (unpaired) electrons. The molecule has 5 nitrogen and oxygen atoms in total. The molecule has 0 aromatic heterocycles. The summed E-state index contributed by atoms with van der Waals surface area (Å²) in [4.78, 5) is 13.5. The highest BCUT2D eigenvalue weighted by Gasteiger charge is 2.39. The van der Waals surface area contributed by atoms with Crippen LogP contribution in [0.4, 0.5) is 0 Å². The standard InChI is InChI=1S/C15H21NO4/c1-15(2)10-16(8-12(9-17)20-15)13(14(18)19)11-6-4-3-5-7-11/h3-7,12-13,17H,8-10H2,1-2H3,(H,18,19). The van der Waals surface area contributed by atoms with Crippen molar-refractivity contribution in [3.63, 3.8) is 0 Å². The van der Waals surface area contributed by atoms with Gasteiger partial charge in [0.2, 0.25) is 0 Å². The Bertz CT molecular complexity index is 460. The van der Waals surface area contributed by atoms with Crippen LogP contribution in [0.3, 0.4) is 0 Å². The fourth-order valence-corrected chi connectivity index (χ4v) is 2.78. The van der Waals surface area contributed by atoms with Crippen LogP contribution in [0.2, 0.25) is 0 Å². The normalized spacial score (nSPS) is 24.2. The third-order valence-corrected chi connectivity index (χ3v) is 3.43. The van der Waals surface area contributed by atoms with Crippen LogP contribution in [0, 0.1) is 0 Å². The van der Waals surface area contributed by atoms with Crippen molar-refractivity contribution >= 4 is 5.97 Å². The van der Waals surface area contributed by atoms with Crippen LogP contribution in [0.5, 0.6) is 0 Å². The Labute approximate surface area is 118 Å². The van der Waals surface area contributed by atoms with Crippen molar-refractivity contribution in [3.05, 3.63) is 35.9 Å². The van der Waals surface area contributed by atoms with Crippen molar-refractivity contribution in [2.24, 2.45) is 0 Å². The molecule has 5 heteroatoms. The number of hydrogen-bond donors (Lipinski definition) is 2. The van der Waals surface area contributed by atoms with E-state index in [2.05, 4.69) is 0 Å². The van der Waals surface area contributed by atoms with Gasteiger partial charge in [0.05, 0.1) is 18.3 Å². The van der Waals surface area contributed by atoms with Crippen LogP contribution >= 0.6 is 0 Å². The summed E-state index contributed by atoms with van der Waals surface area (Å²) in [5, 5.41) is 18.9. The van der Waals surface area contributed by atoms with E-state index < -0.39 is 17.6 Å². The van der Waals surface area contributed by atoms with Gasteiger partial charge in [0.25, 0.3) is 0 Å². The average molecular weight is 279 g/mol. The van der Waals surface area contributed by atoms with Crippen molar-refractivity contribution in [3.8, 4) is 0 Å². The van der Waals surface area contributed by atoms with E-state index in [9.17, 15) is 15.0 Å². The summed E-state index contributed by atoms with van der Waals surface area (Å²) in [6.45, 7) is 4.62. The molecule has 2 unspecified atom stereocenters. The Morgan fingerprint density at radius 1 is 1.45 bits per heavy atom.